The Morgan fingerprint density at radius 1 is 1.21 bits per heavy atom. The van der Waals surface area contributed by atoms with Gasteiger partial charge in [0.25, 0.3) is 0 Å². The molecule has 2 nitrogen and oxygen atoms in total. The molecule has 0 saturated heterocycles. The van der Waals surface area contributed by atoms with Crippen LogP contribution in [-0.4, -0.2) is 16.8 Å². The molecule has 0 bridgehead atoms. The average Bonchev–Trinajstić information content (AvgIpc) is 3.11. The second-order valence-corrected chi connectivity index (χ2v) is 6.97. The average molecular weight is 276 g/mol. The first-order valence-corrected chi connectivity index (χ1v) is 8.16. The van der Waals surface area contributed by atoms with E-state index in [9.17, 15) is 9.90 Å². The van der Waals surface area contributed by atoms with Crippen LogP contribution in [0.15, 0.2) is 29.2 Å². The van der Waals surface area contributed by atoms with E-state index in [2.05, 4.69) is 12.1 Å². The van der Waals surface area contributed by atoms with Crippen LogP contribution in [0.2, 0.25) is 0 Å². The Morgan fingerprint density at radius 2 is 1.84 bits per heavy atom. The molecule has 0 spiro atoms. The molecule has 1 N–H and O–H groups in total. The number of aliphatic carboxylic acids is 1. The molecular weight excluding hydrogens is 256 g/mol. The van der Waals surface area contributed by atoms with Crippen LogP contribution < -0.4 is 0 Å². The molecule has 0 amide bonds. The maximum atomic E-state index is 11.6. The molecular formula is C16H20O2S. The van der Waals surface area contributed by atoms with E-state index in [1.54, 1.807) is 0 Å². The van der Waals surface area contributed by atoms with Crippen molar-refractivity contribution >= 4 is 17.7 Å². The van der Waals surface area contributed by atoms with Crippen LogP contribution in [0.3, 0.4) is 0 Å². The Labute approximate surface area is 118 Å². The van der Waals surface area contributed by atoms with Gasteiger partial charge >= 0.3 is 5.97 Å². The van der Waals surface area contributed by atoms with Crippen molar-refractivity contribution in [1.82, 2.24) is 0 Å². The molecule has 0 radical (unpaired) electrons. The number of rotatable bonds is 5. The topological polar surface area (TPSA) is 37.3 Å². The van der Waals surface area contributed by atoms with Crippen LogP contribution in [-0.2, 0) is 10.2 Å². The molecule has 2 saturated carbocycles. The first-order valence-electron chi connectivity index (χ1n) is 7.17. The molecule has 1 aromatic carbocycles. The summed E-state index contributed by atoms with van der Waals surface area (Å²) in [6.45, 7) is 0. The lowest BCUT2D eigenvalue weighted by atomic mass is 9.79. The van der Waals surface area contributed by atoms with Crippen LogP contribution >= 0.6 is 11.8 Å². The van der Waals surface area contributed by atoms with Crippen molar-refractivity contribution < 1.29 is 9.90 Å². The minimum absolute atomic E-state index is 0.611. The summed E-state index contributed by atoms with van der Waals surface area (Å²) >= 11 is 1.90. The molecule has 0 unspecified atom stereocenters. The van der Waals surface area contributed by atoms with Gasteiger partial charge in [0.2, 0.25) is 0 Å². The predicted octanol–water partition coefficient (Wildman–Crippen LogP) is 4.09. The van der Waals surface area contributed by atoms with Crippen molar-refractivity contribution in [3.05, 3.63) is 29.8 Å². The zero-order chi connectivity index (χ0) is 13.3. The minimum atomic E-state index is -0.650. The second-order valence-electron chi connectivity index (χ2n) is 5.87. The van der Waals surface area contributed by atoms with E-state index in [1.165, 1.54) is 23.5 Å². The molecule has 19 heavy (non-hydrogen) atoms. The minimum Gasteiger partial charge on any atom is -0.481 e. The van der Waals surface area contributed by atoms with Gasteiger partial charge in [-0.05, 0) is 49.3 Å². The number of hydrogen-bond donors (Lipinski definition) is 1. The predicted molar refractivity (Wildman–Crippen MR) is 77.7 cm³/mol. The molecule has 3 rings (SSSR count). The Morgan fingerprint density at radius 3 is 2.37 bits per heavy atom. The summed E-state index contributed by atoms with van der Waals surface area (Å²) in [5, 5.41) is 9.57. The van der Waals surface area contributed by atoms with Crippen molar-refractivity contribution in [3.63, 3.8) is 0 Å². The van der Waals surface area contributed by atoms with Crippen molar-refractivity contribution in [2.75, 3.05) is 5.75 Å². The second kappa shape index (κ2) is 5.20. The molecule has 2 aliphatic carbocycles. The van der Waals surface area contributed by atoms with Crippen molar-refractivity contribution in [2.24, 2.45) is 5.92 Å². The lowest BCUT2D eigenvalue weighted by molar-refractivity contribution is -0.143. The summed E-state index contributed by atoms with van der Waals surface area (Å²) in [5.41, 5.74) is 0.382. The normalized spacial score (nSPS) is 21.5. The van der Waals surface area contributed by atoms with E-state index in [1.807, 2.05) is 23.9 Å². The SMILES string of the molecule is O=C(O)C1(c2ccc(SCC3CC3)cc2)CCCC1. The molecule has 0 atom stereocenters. The molecule has 102 valence electrons. The van der Waals surface area contributed by atoms with Crippen LogP contribution in [0.25, 0.3) is 0 Å². The van der Waals surface area contributed by atoms with Crippen LogP contribution in [0.1, 0.15) is 44.1 Å². The molecule has 2 fully saturated rings. The van der Waals surface area contributed by atoms with Gasteiger partial charge in [-0.3, -0.25) is 4.79 Å². The largest absolute Gasteiger partial charge is 0.481 e. The van der Waals surface area contributed by atoms with Gasteiger partial charge < -0.3 is 5.11 Å². The first-order chi connectivity index (χ1) is 9.21. The van der Waals surface area contributed by atoms with E-state index >= 15 is 0 Å². The fraction of sp³-hybridized carbons (Fsp3) is 0.562. The van der Waals surface area contributed by atoms with Crippen molar-refractivity contribution in [2.45, 2.75) is 48.8 Å². The number of thioether (sulfide) groups is 1. The summed E-state index contributed by atoms with van der Waals surface area (Å²) in [6.07, 6.45) is 6.41. The third-order valence-electron chi connectivity index (χ3n) is 4.46. The molecule has 0 aliphatic heterocycles. The van der Waals surface area contributed by atoms with Gasteiger partial charge in [-0.15, -0.1) is 11.8 Å². The van der Waals surface area contributed by atoms with Crippen molar-refractivity contribution in [3.8, 4) is 0 Å². The van der Waals surface area contributed by atoms with Crippen LogP contribution in [0, 0.1) is 5.92 Å². The quantitative estimate of drug-likeness (QED) is 0.823. The summed E-state index contributed by atoms with van der Waals surface area (Å²) in [7, 11) is 0. The number of carboxylic acids is 1. The highest BCUT2D eigenvalue weighted by atomic mass is 32.2. The lowest BCUT2D eigenvalue weighted by Gasteiger charge is -2.24. The fourth-order valence-corrected chi connectivity index (χ4v) is 4.06. The van der Waals surface area contributed by atoms with Gasteiger partial charge in [-0.2, -0.15) is 0 Å². The Balaban J connectivity index is 1.74. The van der Waals surface area contributed by atoms with E-state index in [0.717, 1.165) is 37.2 Å². The maximum Gasteiger partial charge on any atom is 0.314 e. The lowest BCUT2D eigenvalue weighted by Crippen LogP contribution is -2.32. The van der Waals surface area contributed by atoms with E-state index < -0.39 is 11.4 Å². The number of carbonyl (C=O) groups is 1. The zero-order valence-corrected chi connectivity index (χ0v) is 11.9. The highest BCUT2D eigenvalue weighted by Crippen LogP contribution is 2.42. The zero-order valence-electron chi connectivity index (χ0n) is 11.1. The summed E-state index contributed by atoms with van der Waals surface area (Å²) in [5.74, 6) is 1.48. The van der Waals surface area contributed by atoms with Crippen molar-refractivity contribution in [1.29, 1.82) is 0 Å². The van der Waals surface area contributed by atoms with Gasteiger partial charge in [0, 0.05) is 10.6 Å². The van der Waals surface area contributed by atoms with Crippen LogP contribution in [0.5, 0.6) is 0 Å². The third-order valence-corrected chi connectivity index (χ3v) is 5.70. The number of carboxylic acid groups (broad SMARTS) is 1. The van der Waals surface area contributed by atoms with E-state index in [-0.39, 0.29) is 0 Å². The summed E-state index contributed by atoms with van der Waals surface area (Å²) in [6, 6.07) is 8.28. The van der Waals surface area contributed by atoms with Crippen LogP contribution in [0.4, 0.5) is 0 Å². The Hall–Kier alpha value is -0.960. The first kappa shape index (κ1) is 13.0. The van der Waals surface area contributed by atoms with Gasteiger partial charge in [0.05, 0.1) is 5.41 Å². The smallest absolute Gasteiger partial charge is 0.314 e. The standard InChI is InChI=1S/C16H20O2S/c17-15(18)16(9-1-2-10-16)13-5-7-14(8-6-13)19-11-12-3-4-12/h5-8,12H,1-4,9-11H2,(H,17,18). The summed E-state index contributed by atoms with van der Waals surface area (Å²) < 4.78 is 0. The fourth-order valence-electron chi connectivity index (χ4n) is 2.97. The molecule has 1 aromatic rings. The Bertz CT molecular complexity index is 456. The summed E-state index contributed by atoms with van der Waals surface area (Å²) in [4.78, 5) is 12.9. The highest BCUT2D eigenvalue weighted by Gasteiger charge is 2.42. The van der Waals surface area contributed by atoms with Gasteiger partial charge in [-0.1, -0.05) is 25.0 Å². The van der Waals surface area contributed by atoms with E-state index in [0.29, 0.717) is 0 Å². The third kappa shape index (κ3) is 2.66. The molecule has 0 heterocycles. The number of hydrogen-bond acceptors (Lipinski definition) is 2. The Kier molecular flexibility index (Phi) is 3.57. The molecule has 3 heteroatoms. The van der Waals surface area contributed by atoms with Gasteiger partial charge in [-0.25, -0.2) is 0 Å². The van der Waals surface area contributed by atoms with Gasteiger partial charge in [0.15, 0.2) is 0 Å². The molecule has 0 aromatic heterocycles. The highest BCUT2D eigenvalue weighted by molar-refractivity contribution is 7.99. The van der Waals surface area contributed by atoms with E-state index in [4.69, 9.17) is 0 Å². The number of benzene rings is 1. The monoisotopic (exact) mass is 276 g/mol. The van der Waals surface area contributed by atoms with Gasteiger partial charge in [0.1, 0.15) is 0 Å². The maximum absolute atomic E-state index is 11.6. The molecule has 2 aliphatic rings.